The zero-order valence-corrected chi connectivity index (χ0v) is 7.85. The molecule has 0 aromatic carbocycles. The lowest BCUT2D eigenvalue weighted by Gasteiger charge is -2.24. The van der Waals surface area contributed by atoms with Gasteiger partial charge in [0.2, 0.25) is 0 Å². The highest BCUT2D eigenvalue weighted by Gasteiger charge is 2.15. The molecular weight excluding hydrogens is 140 g/mol. The Morgan fingerprint density at radius 3 is 2.45 bits per heavy atom. The van der Waals surface area contributed by atoms with E-state index in [0.29, 0.717) is 13.0 Å². The van der Waals surface area contributed by atoms with Crippen molar-refractivity contribution in [3.8, 4) is 0 Å². The van der Waals surface area contributed by atoms with E-state index in [1.807, 2.05) is 0 Å². The van der Waals surface area contributed by atoms with E-state index in [0.717, 1.165) is 12.8 Å². The van der Waals surface area contributed by atoms with Gasteiger partial charge in [0.25, 0.3) is 0 Å². The molecular formula is C9H19O2. The minimum Gasteiger partial charge on any atom is -0.375 e. The van der Waals surface area contributed by atoms with Gasteiger partial charge in [-0.2, -0.15) is 0 Å². The Morgan fingerprint density at radius 1 is 1.36 bits per heavy atom. The summed E-state index contributed by atoms with van der Waals surface area (Å²) >= 11 is 0. The average molecular weight is 159 g/mol. The first-order chi connectivity index (χ1) is 5.12. The largest absolute Gasteiger partial charge is 0.375 e. The maximum Gasteiger partial charge on any atom is 0.0844 e. The van der Waals surface area contributed by atoms with E-state index >= 15 is 0 Å². The van der Waals surface area contributed by atoms with Gasteiger partial charge in [0.15, 0.2) is 0 Å². The molecule has 0 aliphatic rings. The van der Waals surface area contributed by atoms with Crippen LogP contribution in [0.3, 0.4) is 0 Å². The van der Waals surface area contributed by atoms with E-state index in [2.05, 4.69) is 20.8 Å². The van der Waals surface area contributed by atoms with Gasteiger partial charge in [-0.05, 0) is 26.7 Å². The van der Waals surface area contributed by atoms with Crippen molar-refractivity contribution >= 4 is 0 Å². The van der Waals surface area contributed by atoms with Crippen molar-refractivity contribution < 1.29 is 9.84 Å². The summed E-state index contributed by atoms with van der Waals surface area (Å²) in [5, 5.41) is 10.1. The van der Waals surface area contributed by atoms with Gasteiger partial charge in [0, 0.05) is 6.61 Å². The molecule has 0 amide bonds. The monoisotopic (exact) mass is 159 g/mol. The van der Waals surface area contributed by atoms with Crippen molar-refractivity contribution in [2.24, 2.45) is 0 Å². The second-order valence-electron chi connectivity index (χ2n) is 3.42. The lowest BCUT2D eigenvalue weighted by Crippen LogP contribution is -2.24. The van der Waals surface area contributed by atoms with Crippen molar-refractivity contribution in [1.82, 2.24) is 0 Å². The summed E-state index contributed by atoms with van der Waals surface area (Å²) in [6.45, 7) is 6.86. The molecule has 2 nitrogen and oxygen atoms in total. The van der Waals surface area contributed by atoms with Crippen molar-refractivity contribution in [2.45, 2.75) is 45.6 Å². The highest BCUT2D eigenvalue weighted by molar-refractivity contribution is 4.66. The van der Waals surface area contributed by atoms with Crippen LogP contribution in [0.4, 0.5) is 0 Å². The third-order valence-electron chi connectivity index (χ3n) is 1.63. The Balaban J connectivity index is 3.38. The van der Waals surface area contributed by atoms with Crippen LogP contribution in [0, 0.1) is 0 Å². The summed E-state index contributed by atoms with van der Waals surface area (Å²) in [7, 11) is 0. The van der Waals surface area contributed by atoms with E-state index in [1.54, 1.807) is 0 Å². The average Bonchev–Trinajstić information content (AvgIpc) is 1.87. The van der Waals surface area contributed by atoms with Gasteiger partial charge in [0.1, 0.15) is 0 Å². The van der Waals surface area contributed by atoms with Gasteiger partial charge in [-0.15, -0.1) is 0 Å². The highest BCUT2D eigenvalue weighted by Crippen LogP contribution is 2.16. The van der Waals surface area contributed by atoms with Crippen molar-refractivity contribution in [3.05, 3.63) is 0 Å². The number of ether oxygens (including phenoxy) is 1. The maximum absolute atomic E-state index is 10.1. The predicted molar refractivity (Wildman–Crippen MR) is 45.1 cm³/mol. The first-order valence-corrected chi connectivity index (χ1v) is 4.34. The molecule has 0 fully saturated rings. The fraction of sp³-hybridized carbons (Fsp3) is 1.00. The second kappa shape index (κ2) is 5.56. The standard InChI is InChI=1S/C9H19O2/c1-4-6-9(2,3)11-8-5-7-10/h4-8H2,1-3H3. The van der Waals surface area contributed by atoms with E-state index in [4.69, 9.17) is 4.74 Å². The van der Waals surface area contributed by atoms with Gasteiger partial charge in [-0.1, -0.05) is 13.3 Å². The van der Waals surface area contributed by atoms with Crippen LogP contribution in [0.2, 0.25) is 0 Å². The molecule has 0 spiro atoms. The first-order valence-electron chi connectivity index (χ1n) is 4.34. The number of hydrogen-bond acceptors (Lipinski definition) is 1. The fourth-order valence-electron chi connectivity index (χ4n) is 1.08. The van der Waals surface area contributed by atoms with Crippen LogP contribution in [0.15, 0.2) is 0 Å². The van der Waals surface area contributed by atoms with Crippen LogP contribution >= 0.6 is 0 Å². The maximum atomic E-state index is 10.1. The van der Waals surface area contributed by atoms with E-state index < -0.39 is 0 Å². The molecule has 0 atom stereocenters. The van der Waals surface area contributed by atoms with Gasteiger partial charge >= 0.3 is 0 Å². The summed E-state index contributed by atoms with van der Waals surface area (Å²) in [5.74, 6) is 0. The van der Waals surface area contributed by atoms with Crippen LogP contribution in [0.25, 0.3) is 0 Å². The SMILES string of the molecule is CCCC(C)(C)OCCC[O]. The Hall–Kier alpha value is -0.0800. The molecule has 0 rings (SSSR count). The number of hydrogen-bond donors (Lipinski definition) is 0. The highest BCUT2D eigenvalue weighted by atomic mass is 16.5. The molecule has 67 valence electrons. The van der Waals surface area contributed by atoms with Crippen molar-refractivity contribution in [1.29, 1.82) is 0 Å². The second-order valence-corrected chi connectivity index (χ2v) is 3.42. The smallest absolute Gasteiger partial charge is 0.0844 e. The molecule has 0 unspecified atom stereocenters. The molecule has 0 aliphatic carbocycles. The van der Waals surface area contributed by atoms with E-state index in [9.17, 15) is 5.11 Å². The van der Waals surface area contributed by atoms with Crippen LogP contribution in [-0.2, 0) is 9.84 Å². The summed E-state index contributed by atoms with van der Waals surface area (Å²) in [4.78, 5) is 0. The third kappa shape index (κ3) is 6.32. The van der Waals surface area contributed by atoms with Crippen LogP contribution in [0.1, 0.15) is 40.0 Å². The van der Waals surface area contributed by atoms with Crippen molar-refractivity contribution in [2.75, 3.05) is 13.2 Å². The lowest BCUT2D eigenvalue weighted by molar-refractivity contribution is -0.0314. The first kappa shape index (κ1) is 10.9. The van der Waals surface area contributed by atoms with Gasteiger partial charge in [-0.25, -0.2) is 5.11 Å². The minimum atomic E-state index is -0.0378. The Labute approximate surface area is 69.6 Å². The molecule has 0 saturated heterocycles. The summed E-state index contributed by atoms with van der Waals surface area (Å²) in [6.07, 6.45) is 2.82. The molecule has 0 aromatic heterocycles. The molecule has 1 radical (unpaired) electrons. The summed E-state index contributed by atoms with van der Waals surface area (Å²) < 4.78 is 5.51. The van der Waals surface area contributed by atoms with Crippen LogP contribution < -0.4 is 0 Å². The van der Waals surface area contributed by atoms with Gasteiger partial charge in [-0.3, -0.25) is 0 Å². The fourth-order valence-corrected chi connectivity index (χ4v) is 1.08. The number of rotatable bonds is 6. The minimum absolute atomic E-state index is 0.0256. The van der Waals surface area contributed by atoms with Gasteiger partial charge in [0.05, 0.1) is 12.2 Å². The zero-order valence-electron chi connectivity index (χ0n) is 7.85. The molecule has 0 bridgehead atoms. The molecule has 0 N–H and O–H groups in total. The molecule has 0 aliphatic heterocycles. The molecule has 0 heterocycles. The van der Waals surface area contributed by atoms with Crippen molar-refractivity contribution in [3.63, 3.8) is 0 Å². The van der Waals surface area contributed by atoms with E-state index in [1.165, 1.54) is 0 Å². The summed E-state index contributed by atoms with van der Waals surface area (Å²) in [6, 6.07) is 0. The quantitative estimate of drug-likeness (QED) is 0.547. The molecule has 0 saturated carbocycles. The zero-order chi connectivity index (χ0) is 8.74. The van der Waals surface area contributed by atoms with Crippen LogP contribution in [0.5, 0.6) is 0 Å². The predicted octanol–water partition coefficient (Wildman–Crippen LogP) is 2.40. The normalized spacial score (nSPS) is 12.0. The Bertz CT molecular complexity index is 89.6. The Morgan fingerprint density at radius 2 is 2.00 bits per heavy atom. The summed E-state index contributed by atoms with van der Waals surface area (Å²) in [5.41, 5.74) is -0.0378. The Kier molecular flexibility index (Phi) is 5.51. The van der Waals surface area contributed by atoms with Gasteiger partial charge < -0.3 is 4.74 Å². The molecule has 11 heavy (non-hydrogen) atoms. The lowest BCUT2D eigenvalue weighted by atomic mass is 10.0. The molecule has 0 aromatic rings. The third-order valence-corrected chi connectivity index (χ3v) is 1.63. The van der Waals surface area contributed by atoms with Crippen LogP contribution in [-0.4, -0.2) is 18.8 Å². The molecule has 2 heteroatoms. The van der Waals surface area contributed by atoms with E-state index in [-0.39, 0.29) is 12.2 Å². The topological polar surface area (TPSA) is 29.1 Å².